The summed E-state index contributed by atoms with van der Waals surface area (Å²) in [4.78, 5) is 0. The molecule has 1 nitrogen and oxygen atoms in total. The Kier molecular flexibility index (Phi) is 6.73. The Morgan fingerprint density at radius 3 is 1.88 bits per heavy atom. The van der Waals surface area contributed by atoms with Crippen LogP contribution in [0.5, 0.6) is 0 Å². The molecule has 0 aromatic rings. The molecule has 0 radical (unpaired) electrons. The van der Waals surface area contributed by atoms with Crippen LogP contribution in [0.3, 0.4) is 0 Å². The van der Waals surface area contributed by atoms with Crippen molar-refractivity contribution in [3.8, 4) is 0 Å². The molecule has 0 heterocycles. The third-order valence-corrected chi connectivity index (χ3v) is 8.01. The molecule has 2 heteroatoms. The maximum atomic E-state index is 13.1. The number of unbranched alkanes of at least 4 members (excludes halogenated alkanes) is 2. The van der Waals surface area contributed by atoms with E-state index in [-0.39, 0.29) is 0 Å². The second-order valence-corrected chi connectivity index (χ2v) is 8.93. The topological polar surface area (TPSA) is 17.1 Å². The van der Waals surface area contributed by atoms with Crippen LogP contribution in [0.15, 0.2) is 0 Å². The fourth-order valence-electron chi connectivity index (χ4n) is 2.88. The van der Waals surface area contributed by atoms with E-state index >= 15 is 0 Å². The molecule has 1 rings (SSSR count). The number of rotatable bonds is 7. The fraction of sp³-hybridized carbons (Fsp3) is 1.00. The Hall–Kier alpha value is 0.230. The molecule has 0 bridgehead atoms. The molecule has 0 aromatic carbocycles. The molecule has 16 heavy (non-hydrogen) atoms. The molecule has 0 saturated heterocycles. The third kappa shape index (κ3) is 4.24. The summed E-state index contributed by atoms with van der Waals surface area (Å²) in [7, 11) is -1.83. The second-order valence-electron chi connectivity index (χ2n) is 5.40. The van der Waals surface area contributed by atoms with E-state index in [0.717, 1.165) is 12.3 Å². The molecule has 1 aliphatic rings. The summed E-state index contributed by atoms with van der Waals surface area (Å²) < 4.78 is 13.1. The van der Waals surface area contributed by atoms with Crippen molar-refractivity contribution in [1.82, 2.24) is 0 Å². The number of hydrogen-bond acceptors (Lipinski definition) is 1. The first-order valence-electron chi connectivity index (χ1n) is 7.30. The SMILES string of the molecule is CCCCP(=O)(CCCC)C1CCCCC1. The standard InChI is InChI=1S/C14H29OP/c1-3-5-12-16(15,13-6-4-2)14-10-8-7-9-11-14/h14H,3-13H2,1-2H3. The molecule has 0 amide bonds. The molecule has 0 unspecified atom stereocenters. The second kappa shape index (κ2) is 7.54. The molecule has 1 aliphatic carbocycles. The third-order valence-electron chi connectivity index (χ3n) is 4.02. The van der Waals surface area contributed by atoms with Crippen molar-refractivity contribution in [3.63, 3.8) is 0 Å². The summed E-state index contributed by atoms with van der Waals surface area (Å²) in [5.41, 5.74) is 0.597. The van der Waals surface area contributed by atoms with Crippen LogP contribution >= 0.6 is 7.14 Å². The van der Waals surface area contributed by atoms with Crippen molar-refractivity contribution in [2.24, 2.45) is 0 Å². The normalized spacial score (nSPS) is 18.9. The minimum atomic E-state index is -1.83. The summed E-state index contributed by atoms with van der Waals surface area (Å²) >= 11 is 0. The van der Waals surface area contributed by atoms with E-state index in [1.165, 1.54) is 57.8 Å². The van der Waals surface area contributed by atoms with E-state index in [1.807, 2.05) is 0 Å². The van der Waals surface area contributed by atoms with Gasteiger partial charge in [0.2, 0.25) is 0 Å². The molecule has 96 valence electrons. The molecule has 0 aliphatic heterocycles. The Bertz CT molecular complexity index is 207. The summed E-state index contributed by atoms with van der Waals surface area (Å²) in [6.45, 7) is 4.43. The Morgan fingerprint density at radius 1 is 0.938 bits per heavy atom. The first-order valence-corrected chi connectivity index (χ1v) is 9.45. The molecular weight excluding hydrogens is 215 g/mol. The van der Waals surface area contributed by atoms with Crippen molar-refractivity contribution in [2.45, 2.75) is 77.3 Å². The van der Waals surface area contributed by atoms with Crippen LogP contribution in [0.4, 0.5) is 0 Å². The number of hydrogen-bond donors (Lipinski definition) is 0. The van der Waals surface area contributed by atoms with E-state index in [0.29, 0.717) is 5.66 Å². The molecule has 1 saturated carbocycles. The van der Waals surface area contributed by atoms with Crippen molar-refractivity contribution in [3.05, 3.63) is 0 Å². The van der Waals surface area contributed by atoms with E-state index in [2.05, 4.69) is 13.8 Å². The van der Waals surface area contributed by atoms with Gasteiger partial charge in [0.1, 0.15) is 0 Å². The van der Waals surface area contributed by atoms with Crippen LogP contribution in [-0.4, -0.2) is 18.0 Å². The van der Waals surface area contributed by atoms with Crippen LogP contribution in [0.2, 0.25) is 0 Å². The van der Waals surface area contributed by atoms with E-state index in [4.69, 9.17) is 0 Å². The van der Waals surface area contributed by atoms with Gasteiger partial charge < -0.3 is 4.57 Å². The molecule has 0 spiro atoms. The predicted molar refractivity (Wildman–Crippen MR) is 74.0 cm³/mol. The average Bonchev–Trinajstić information content (AvgIpc) is 2.35. The van der Waals surface area contributed by atoms with Crippen LogP contribution in [-0.2, 0) is 4.57 Å². The highest BCUT2D eigenvalue weighted by atomic mass is 31.2. The van der Waals surface area contributed by atoms with Crippen LogP contribution < -0.4 is 0 Å². The van der Waals surface area contributed by atoms with Crippen LogP contribution in [0, 0.1) is 0 Å². The van der Waals surface area contributed by atoms with E-state index in [9.17, 15) is 4.57 Å². The highest BCUT2D eigenvalue weighted by molar-refractivity contribution is 7.64. The smallest absolute Gasteiger partial charge is 0.0906 e. The van der Waals surface area contributed by atoms with Gasteiger partial charge in [-0.15, -0.1) is 0 Å². The van der Waals surface area contributed by atoms with Crippen molar-refractivity contribution in [1.29, 1.82) is 0 Å². The Morgan fingerprint density at radius 2 is 1.44 bits per heavy atom. The lowest BCUT2D eigenvalue weighted by Crippen LogP contribution is -2.17. The minimum Gasteiger partial charge on any atom is -0.323 e. The lowest BCUT2D eigenvalue weighted by atomic mass is 10.0. The molecule has 0 N–H and O–H groups in total. The summed E-state index contributed by atoms with van der Waals surface area (Å²) in [6.07, 6.45) is 13.4. The zero-order valence-corrected chi connectivity index (χ0v) is 12.1. The highest BCUT2D eigenvalue weighted by Gasteiger charge is 2.32. The monoisotopic (exact) mass is 244 g/mol. The molecule has 0 aromatic heterocycles. The van der Waals surface area contributed by atoms with Gasteiger partial charge in [0.25, 0.3) is 0 Å². The van der Waals surface area contributed by atoms with Gasteiger partial charge in [0.15, 0.2) is 0 Å². The molecule has 1 fully saturated rings. The van der Waals surface area contributed by atoms with E-state index in [1.54, 1.807) is 0 Å². The summed E-state index contributed by atoms with van der Waals surface area (Å²) in [5, 5.41) is 0. The van der Waals surface area contributed by atoms with Crippen LogP contribution in [0.1, 0.15) is 71.6 Å². The summed E-state index contributed by atoms with van der Waals surface area (Å²) in [6, 6.07) is 0. The first-order chi connectivity index (χ1) is 7.73. The van der Waals surface area contributed by atoms with Crippen molar-refractivity contribution in [2.75, 3.05) is 12.3 Å². The molecule has 0 atom stereocenters. The molecular formula is C14H29OP. The van der Waals surface area contributed by atoms with Crippen molar-refractivity contribution >= 4 is 7.14 Å². The van der Waals surface area contributed by atoms with Gasteiger partial charge in [-0.2, -0.15) is 0 Å². The lowest BCUT2D eigenvalue weighted by molar-refractivity contribution is 0.480. The van der Waals surface area contributed by atoms with Gasteiger partial charge in [0.05, 0.1) is 7.14 Å². The fourth-order valence-corrected chi connectivity index (χ4v) is 6.84. The first kappa shape index (κ1) is 14.3. The van der Waals surface area contributed by atoms with Gasteiger partial charge in [-0.05, 0) is 25.7 Å². The van der Waals surface area contributed by atoms with Gasteiger partial charge in [-0.3, -0.25) is 0 Å². The van der Waals surface area contributed by atoms with Gasteiger partial charge in [-0.25, -0.2) is 0 Å². The zero-order chi connectivity index (χ0) is 11.9. The summed E-state index contributed by atoms with van der Waals surface area (Å²) in [5.74, 6) is 0. The average molecular weight is 244 g/mol. The van der Waals surface area contributed by atoms with Crippen LogP contribution in [0.25, 0.3) is 0 Å². The quantitative estimate of drug-likeness (QED) is 0.557. The zero-order valence-electron chi connectivity index (χ0n) is 11.2. The van der Waals surface area contributed by atoms with Crippen molar-refractivity contribution < 1.29 is 4.57 Å². The highest BCUT2D eigenvalue weighted by Crippen LogP contribution is 2.56. The van der Waals surface area contributed by atoms with Gasteiger partial charge in [-0.1, -0.05) is 46.0 Å². The minimum absolute atomic E-state index is 0.597. The lowest BCUT2D eigenvalue weighted by Gasteiger charge is -2.31. The van der Waals surface area contributed by atoms with Gasteiger partial charge >= 0.3 is 0 Å². The Labute approximate surface area is 102 Å². The largest absolute Gasteiger partial charge is 0.323 e. The van der Waals surface area contributed by atoms with E-state index < -0.39 is 7.14 Å². The van der Waals surface area contributed by atoms with Gasteiger partial charge in [0, 0.05) is 18.0 Å². The maximum Gasteiger partial charge on any atom is 0.0906 e. The predicted octanol–water partition coefficient (Wildman–Crippen LogP) is 5.28. The maximum absolute atomic E-state index is 13.1. The Balaban J connectivity index is 2.56.